The first kappa shape index (κ1) is 10.4. The summed E-state index contributed by atoms with van der Waals surface area (Å²) < 4.78 is 0. The van der Waals surface area contributed by atoms with Crippen LogP contribution in [0.25, 0.3) is 0 Å². The van der Waals surface area contributed by atoms with Gasteiger partial charge >= 0.3 is 0 Å². The molecule has 0 fully saturated rings. The molecular formula is C14H17Si. The highest BCUT2D eigenvalue weighted by molar-refractivity contribution is 6.61. The molecular weight excluding hydrogens is 196 g/mol. The van der Waals surface area contributed by atoms with Crippen LogP contribution in [-0.2, 0) is 0 Å². The average molecular weight is 213 g/mol. The molecule has 77 valence electrons. The van der Waals surface area contributed by atoms with Gasteiger partial charge in [-0.05, 0) is 20.8 Å². The topological polar surface area (TPSA) is 0 Å². The fraction of sp³-hybridized carbons (Fsp3) is 0.214. The Morgan fingerprint density at radius 3 is 2.07 bits per heavy atom. The number of hydrogen-bond donors (Lipinski definition) is 0. The van der Waals surface area contributed by atoms with Crippen molar-refractivity contribution in [2.24, 2.45) is 0 Å². The highest BCUT2D eigenvalue weighted by Gasteiger charge is 2.09. The smallest absolute Gasteiger partial charge is 0.0713 e. The second-order valence-electron chi connectivity index (χ2n) is 4.47. The van der Waals surface area contributed by atoms with E-state index in [0.717, 1.165) is 0 Å². The first-order valence-electron chi connectivity index (χ1n) is 5.43. The largest absolute Gasteiger partial charge is 0.0764 e. The molecule has 0 saturated carbocycles. The standard InChI is InChI=1S/C14H17Si/c1-10-4-5-13(7-10)15-14-8-11(2)6-12(3)9-14/h4-9H,15H2,1-3H3. The summed E-state index contributed by atoms with van der Waals surface area (Å²) >= 11 is 0. The lowest BCUT2D eigenvalue weighted by Gasteiger charge is -2.06. The third-order valence-corrected chi connectivity index (χ3v) is 4.33. The van der Waals surface area contributed by atoms with Gasteiger partial charge in [0.05, 0.1) is 9.52 Å². The zero-order chi connectivity index (χ0) is 10.8. The van der Waals surface area contributed by atoms with Gasteiger partial charge < -0.3 is 0 Å². The molecule has 0 nitrogen and oxygen atoms in total. The maximum absolute atomic E-state index is 2.33. The molecule has 0 heterocycles. The van der Waals surface area contributed by atoms with Crippen molar-refractivity contribution in [3.8, 4) is 0 Å². The van der Waals surface area contributed by atoms with Gasteiger partial charge in [-0.15, -0.1) is 0 Å². The van der Waals surface area contributed by atoms with Crippen molar-refractivity contribution >= 4 is 14.7 Å². The maximum Gasteiger partial charge on any atom is 0.0713 e. The van der Waals surface area contributed by atoms with E-state index in [9.17, 15) is 0 Å². The van der Waals surface area contributed by atoms with Crippen LogP contribution in [-0.4, -0.2) is 9.52 Å². The molecule has 1 aliphatic carbocycles. The highest BCUT2D eigenvalue weighted by Crippen LogP contribution is 2.16. The Hall–Kier alpha value is -1.08. The lowest BCUT2D eigenvalue weighted by molar-refractivity contribution is 1.40. The van der Waals surface area contributed by atoms with Gasteiger partial charge in [0.15, 0.2) is 0 Å². The van der Waals surface area contributed by atoms with Crippen LogP contribution < -0.4 is 5.19 Å². The van der Waals surface area contributed by atoms with Crippen molar-refractivity contribution in [1.29, 1.82) is 0 Å². The van der Waals surface area contributed by atoms with Crippen LogP contribution in [0, 0.1) is 19.4 Å². The molecule has 0 unspecified atom stereocenters. The molecule has 1 aromatic rings. The summed E-state index contributed by atoms with van der Waals surface area (Å²) in [7, 11) is -0.256. The van der Waals surface area contributed by atoms with E-state index in [1.165, 1.54) is 16.7 Å². The minimum atomic E-state index is -0.256. The Bertz CT molecular complexity index is 407. The number of aryl methyl sites for hydroxylation is 2. The zero-order valence-corrected chi connectivity index (χ0v) is 11.1. The summed E-state index contributed by atoms with van der Waals surface area (Å²) in [6.07, 6.45) is 6.81. The van der Waals surface area contributed by atoms with Crippen LogP contribution in [0.5, 0.6) is 0 Å². The van der Waals surface area contributed by atoms with Gasteiger partial charge in [0.1, 0.15) is 0 Å². The maximum atomic E-state index is 2.33. The predicted molar refractivity (Wildman–Crippen MR) is 70.2 cm³/mol. The van der Waals surface area contributed by atoms with Crippen LogP contribution in [0.4, 0.5) is 0 Å². The van der Waals surface area contributed by atoms with E-state index in [1.807, 2.05) is 0 Å². The molecule has 0 aromatic heterocycles. The molecule has 0 aliphatic heterocycles. The van der Waals surface area contributed by atoms with Gasteiger partial charge in [0.25, 0.3) is 0 Å². The first-order valence-corrected chi connectivity index (χ1v) is 6.84. The molecule has 2 rings (SSSR count). The van der Waals surface area contributed by atoms with Crippen molar-refractivity contribution in [3.63, 3.8) is 0 Å². The summed E-state index contributed by atoms with van der Waals surface area (Å²) in [5, 5.41) is 1.55. The molecule has 0 bridgehead atoms. The predicted octanol–water partition coefficient (Wildman–Crippen LogP) is 2.15. The summed E-state index contributed by atoms with van der Waals surface area (Å²) in [5.74, 6) is 0. The van der Waals surface area contributed by atoms with Crippen molar-refractivity contribution in [1.82, 2.24) is 0 Å². The molecule has 1 aliphatic rings. The Labute approximate surface area is 94.5 Å². The van der Waals surface area contributed by atoms with Crippen LogP contribution >= 0.6 is 0 Å². The summed E-state index contributed by atoms with van der Waals surface area (Å²) in [5.41, 5.74) is 5.72. The van der Waals surface area contributed by atoms with Crippen molar-refractivity contribution < 1.29 is 0 Å². The number of hydrogen-bond acceptors (Lipinski definition) is 0. The van der Waals surface area contributed by atoms with Crippen LogP contribution in [0.15, 0.2) is 42.0 Å². The van der Waals surface area contributed by atoms with Crippen LogP contribution in [0.3, 0.4) is 0 Å². The van der Waals surface area contributed by atoms with E-state index in [2.05, 4.69) is 57.2 Å². The third kappa shape index (κ3) is 2.69. The molecule has 0 amide bonds. The summed E-state index contributed by atoms with van der Waals surface area (Å²) in [6.45, 7) is 6.53. The fourth-order valence-electron chi connectivity index (χ4n) is 2.14. The molecule has 0 spiro atoms. The fourth-order valence-corrected chi connectivity index (χ4v) is 4.12. The SMILES string of the molecule is CC1=C[C]([SiH2]c2cc(C)cc(C)c2)C=C1. The van der Waals surface area contributed by atoms with E-state index in [1.54, 1.807) is 10.7 Å². The third-order valence-electron chi connectivity index (χ3n) is 2.66. The van der Waals surface area contributed by atoms with E-state index < -0.39 is 0 Å². The monoisotopic (exact) mass is 213 g/mol. The van der Waals surface area contributed by atoms with Gasteiger partial charge in [-0.1, -0.05) is 58.3 Å². The molecule has 15 heavy (non-hydrogen) atoms. The van der Waals surface area contributed by atoms with Crippen LogP contribution in [0.1, 0.15) is 18.1 Å². The normalized spacial score (nSPS) is 16.6. The molecule has 1 heteroatoms. The van der Waals surface area contributed by atoms with Crippen molar-refractivity contribution in [3.05, 3.63) is 58.7 Å². The molecule has 0 N–H and O–H groups in total. The Morgan fingerprint density at radius 1 is 0.867 bits per heavy atom. The molecule has 0 saturated heterocycles. The second-order valence-corrected chi connectivity index (χ2v) is 6.46. The lowest BCUT2D eigenvalue weighted by Crippen LogP contribution is -2.19. The quantitative estimate of drug-likeness (QED) is 0.660. The molecule has 1 radical (unpaired) electrons. The Kier molecular flexibility index (Phi) is 2.92. The highest BCUT2D eigenvalue weighted by atomic mass is 28.2. The lowest BCUT2D eigenvalue weighted by atomic mass is 10.2. The summed E-state index contributed by atoms with van der Waals surface area (Å²) in [4.78, 5) is 0. The minimum Gasteiger partial charge on any atom is -0.0764 e. The molecule has 0 atom stereocenters. The van der Waals surface area contributed by atoms with Gasteiger partial charge in [-0.3, -0.25) is 0 Å². The van der Waals surface area contributed by atoms with Crippen molar-refractivity contribution in [2.45, 2.75) is 20.8 Å². The van der Waals surface area contributed by atoms with Gasteiger partial charge in [0.2, 0.25) is 0 Å². The van der Waals surface area contributed by atoms with E-state index in [0.29, 0.717) is 0 Å². The zero-order valence-electron chi connectivity index (χ0n) is 9.67. The Morgan fingerprint density at radius 2 is 1.53 bits per heavy atom. The average Bonchev–Trinajstić information content (AvgIpc) is 2.49. The van der Waals surface area contributed by atoms with Crippen LogP contribution in [0.2, 0.25) is 0 Å². The number of allylic oxidation sites excluding steroid dienone is 4. The van der Waals surface area contributed by atoms with Gasteiger partial charge in [-0.25, -0.2) is 0 Å². The first-order chi connectivity index (χ1) is 7.13. The van der Waals surface area contributed by atoms with Gasteiger partial charge in [0, 0.05) is 5.54 Å². The van der Waals surface area contributed by atoms with E-state index >= 15 is 0 Å². The van der Waals surface area contributed by atoms with E-state index in [4.69, 9.17) is 0 Å². The minimum absolute atomic E-state index is 0.256. The molecule has 1 aromatic carbocycles. The van der Waals surface area contributed by atoms with Crippen molar-refractivity contribution in [2.75, 3.05) is 0 Å². The number of benzene rings is 1. The van der Waals surface area contributed by atoms with Gasteiger partial charge in [-0.2, -0.15) is 0 Å². The Balaban J connectivity index is 2.15. The van der Waals surface area contributed by atoms with E-state index in [-0.39, 0.29) is 9.52 Å². The second kappa shape index (κ2) is 4.19. The summed E-state index contributed by atoms with van der Waals surface area (Å²) in [6, 6.07) is 6.91. The number of rotatable bonds is 2.